The molecule has 0 spiro atoms. The van der Waals surface area contributed by atoms with Crippen LogP contribution in [0.15, 0.2) is 24.3 Å². The number of benzene rings is 1. The Hall–Kier alpha value is -0.820. The molecule has 0 amide bonds. The van der Waals surface area contributed by atoms with Gasteiger partial charge in [-0.15, -0.1) is 0 Å². The Bertz CT molecular complexity index is 392. The van der Waals surface area contributed by atoms with Crippen molar-refractivity contribution in [3.63, 3.8) is 0 Å². The summed E-state index contributed by atoms with van der Waals surface area (Å²) < 4.78 is 0. The molecule has 0 aliphatic heterocycles. The SMILES string of the molecule is CC(N)Cc1ccccc1C1CCCC(C)(C)C1. The summed E-state index contributed by atoms with van der Waals surface area (Å²) in [4.78, 5) is 0. The standard InChI is InChI=1S/C17H27N/c1-13(18)11-14-7-4-5-9-16(14)15-8-6-10-17(2,3)12-15/h4-5,7,9,13,15H,6,8,10-12,18H2,1-3H3. The van der Waals surface area contributed by atoms with Crippen LogP contribution in [0.4, 0.5) is 0 Å². The van der Waals surface area contributed by atoms with Crippen LogP contribution in [0.2, 0.25) is 0 Å². The Kier molecular flexibility index (Phi) is 4.11. The zero-order valence-electron chi connectivity index (χ0n) is 12.1. The molecule has 2 unspecified atom stereocenters. The first-order valence-electron chi connectivity index (χ1n) is 7.31. The molecule has 0 saturated heterocycles. The predicted octanol–water partition coefficient (Wildman–Crippen LogP) is 4.26. The van der Waals surface area contributed by atoms with Crippen LogP contribution in [0, 0.1) is 5.41 Å². The largest absolute Gasteiger partial charge is 0.328 e. The van der Waals surface area contributed by atoms with E-state index in [9.17, 15) is 0 Å². The maximum absolute atomic E-state index is 5.98. The molecule has 1 aromatic carbocycles. The number of nitrogens with two attached hydrogens (primary N) is 1. The summed E-state index contributed by atoms with van der Waals surface area (Å²) in [6.07, 6.45) is 6.42. The molecule has 0 bridgehead atoms. The summed E-state index contributed by atoms with van der Waals surface area (Å²) in [7, 11) is 0. The fourth-order valence-electron chi connectivity index (χ4n) is 3.43. The van der Waals surface area contributed by atoms with Crippen molar-refractivity contribution in [3.8, 4) is 0 Å². The second-order valence-corrected chi connectivity index (χ2v) is 6.84. The lowest BCUT2D eigenvalue weighted by molar-refractivity contribution is 0.219. The summed E-state index contributed by atoms with van der Waals surface area (Å²) in [5.41, 5.74) is 9.51. The third-order valence-electron chi connectivity index (χ3n) is 4.24. The molecule has 1 nitrogen and oxygen atoms in total. The lowest BCUT2D eigenvalue weighted by atomic mass is 9.69. The van der Waals surface area contributed by atoms with Crippen molar-refractivity contribution in [2.75, 3.05) is 0 Å². The van der Waals surface area contributed by atoms with Crippen molar-refractivity contribution in [2.24, 2.45) is 11.1 Å². The van der Waals surface area contributed by atoms with Gasteiger partial charge >= 0.3 is 0 Å². The van der Waals surface area contributed by atoms with E-state index in [1.165, 1.54) is 31.2 Å². The maximum atomic E-state index is 5.98. The minimum atomic E-state index is 0.253. The molecule has 1 heteroatoms. The van der Waals surface area contributed by atoms with E-state index < -0.39 is 0 Å². The quantitative estimate of drug-likeness (QED) is 0.846. The van der Waals surface area contributed by atoms with Crippen molar-refractivity contribution in [3.05, 3.63) is 35.4 Å². The lowest BCUT2D eigenvalue weighted by Crippen LogP contribution is -2.23. The normalized spacial score (nSPS) is 24.8. The molecule has 1 fully saturated rings. The summed E-state index contributed by atoms with van der Waals surface area (Å²) >= 11 is 0. The Morgan fingerprint density at radius 2 is 2.06 bits per heavy atom. The second kappa shape index (κ2) is 5.44. The molecule has 1 aliphatic carbocycles. The first kappa shape index (κ1) is 13.6. The maximum Gasteiger partial charge on any atom is 0.00510 e. The third-order valence-corrected chi connectivity index (χ3v) is 4.24. The van der Waals surface area contributed by atoms with Crippen LogP contribution in [0.1, 0.15) is 63.5 Å². The molecule has 1 aliphatic rings. The highest BCUT2D eigenvalue weighted by Gasteiger charge is 2.29. The van der Waals surface area contributed by atoms with Crippen LogP contribution < -0.4 is 5.73 Å². The molecule has 100 valence electrons. The highest BCUT2D eigenvalue weighted by Crippen LogP contribution is 2.44. The Morgan fingerprint density at radius 3 is 2.72 bits per heavy atom. The molecule has 1 aromatic rings. The minimum Gasteiger partial charge on any atom is -0.328 e. The van der Waals surface area contributed by atoms with Gasteiger partial charge in [-0.05, 0) is 55.1 Å². The molecule has 18 heavy (non-hydrogen) atoms. The molecule has 0 aromatic heterocycles. The van der Waals surface area contributed by atoms with Crippen molar-refractivity contribution in [1.82, 2.24) is 0 Å². The van der Waals surface area contributed by atoms with Gasteiger partial charge in [0.25, 0.3) is 0 Å². The van der Waals surface area contributed by atoms with Gasteiger partial charge in [0.1, 0.15) is 0 Å². The number of hydrogen-bond donors (Lipinski definition) is 1. The van der Waals surface area contributed by atoms with Crippen LogP contribution >= 0.6 is 0 Å². The molecule has 2 atom stereocenters. The average Bonchev–Trinajstić information content (AvgIpc) is 2.27. The lowest BCUT2D eigenvalue weighted by Gasteiger charge is -2.36. The van der Waals surface area contributed by atoms with E-state index in [0.29, 0.717) is 5.41 Å². The number of rotatable bonds is 3. The highest BCUT2D eigenvalue weighted by molar-refractivity contribution is 5.31. The van der Waals surface area contributed by atoms with E-state index in [4.69, 9.17) is 5.73 Å². The first-order chi connectivity index (χ1) is 8.48. The molecular formula is C17H27N. The van der Waals surface area contributed by atoms with E-state index >= 15 is 0 Å². The van der Waals surface area contributed by atoms with Crippen molar-refractivity contribution < 1.29 is 0 Å². The van der Waals surface area contributed by atoms with Gasteiger partial charge in [-0.25, -0.2) is 0 Å². The Labute approximate surface area is 112 Å². The molecular weight excluding hydrogens is 218 g/mol. The van der Waals surface area contributed by atoms with Crippen molar-refractivity contribution in [1.29, 1.82) is 0 Å². The van der Waals surface area contributed by atoms with E-state index in [-0.39, 0.29) is 6.04 Å². The van der Waals surface area contributed by atoms with E-state index in [1.54, 1.807) is 5.56 Å². The van der Waals surface area contributed by atoms with Crippen LogP contribution in [-0.2, 0) is 6.42 Å². The van der Waals surface area contributed by atoms with Gasteiger partial charge in [-0.1, -0.05) is 44.5 Å². The van der Waals surface area contributed by atoms with E-state index in [0.717, 1.165) is 12.3 Å². The van der Waals surface area contributed by atoms with Gasteiger partial charge < -0.3 is 5.73 Å². The summed E-state index contributed by atoms with van der Waals surface area (Å²) in [5.74, 6) is 0.740. The van der Waals surface area contributed by atoms with Gasteiger partial charge in [0.05, 0.1) is 0 Å². The Balaban J connectivity index is 2.21. The van der Waals surface area contributed by atoms with Gasteiger partial charge in [-0.3, -0.25) is 0 Å². The van der Waals surface area contributed by atoms with Crippen LogP contribution in [-0.4, -0.2) is 6.04 Å². The summed E-state index contributed by atoms with van der Waals surface area (Å²) in [6, 6.07) is 9.17. The third kappa shape index (κ3) is 3.35. The number of hydrogen-bond acceptors (Lipinski definition) is 1. The topological polar surface area (TPSA) is 26.0 Å². The highest BCUT2D eigenvalue weighted by atomic mass is 14.6. The van der Waals surface area contributed by atoms with E-state index in [2.05, 4.69) is 45.0 Å². The van der Waals surface area contributed by atoms with Crippen molar-refractivity contribution in [2.45, 2.75) is 64.8 Å². The van der Waals surface area contributed by atoms with Gasteiger partial charge in [0, 0.05) is 6.04 Å². The second-order valence-electron chi connectivity index (χ2n) is 6.84. The molecule has 0 radical (unpaired) electrons. The van der Waals surface area contributed by atoms with Gasteiger partial charge in [0.15, 0.2) is 0 Å². The van der Waals surface area contributed by atoms with Gasteiger partial charge in [0.2, 0.25) is 0 Å². The summed E-state index contributed by atoms with van der Waals surface area (Å²) in [6.45, 7) is 6.92. The van der Waals surface area contributed by atoms with Crippen LogP contribution in [0.5, 0.6) is 0 Å². The monoisotopic (exact) mass is 245 g/mol. The minimum absolute atomic E-state index is 0.253. The predicted molar refractivity (Wildman–Crippen MR) is 78.8 cm³/mol. The van der Waals surface area contributed by atoms with Crippen LogP contribution in [0.3, 0.4) is 0 Å². The van der Waals surface area contributed by atoms with Crippen molar-refractivity contribution >= 4 is 0 Å². The first-order valence-corrected chi connectivity index (χ1v) is 7.31. The fraction of sp³-hybridized carbons (Fsp3) is 0.647. The van der Waals surface area contributed by atoms with E-state index in [1.807, 2.05) is 0 Å². The Morgan fingerprint density at radius 1 is 1.33 bits per heavy atom. The molecule has 2 rings (SSSR count). The van der Waals surface area contributed by atoms with Crippen LogP contribution in [0.25, 0.3) is 0 Å². The van der Waals surface area contributed by atoms with Gasteiger partial charge in [-0.2, -0.15) is 0 Å². The fourth-order valence-corrected chi connectivity index (χ4v) is 3.43. The molecule has 2 N–H and O–H groups in total. The molecule has 1 saturated carbocycles. The summed E-state index contributed by atoms with van der Waals surface area (Å²) in [5, 5.41) is 0. The molecule has 0 heterocycles. The average molecular weight is 245 g/mol. The zero-order chi connectivity index (χ0) is 13.2. The zero-order valence-corrected chi connectivity index (χ0v) is 12.1. The smallest absolute Gasteiger partial charge is 0.00510 e.